The van der Waals surface area contributed by atoms with Crippen LogP contribution in [-0.4, -0.2) is 50.9 Å². The second-order valence-electron chi connectivity index (χ2n) is 11.3. The van der Waals surface area contributed by atoms with Gasteiger partial charge in [0.2, 0.25) is 11.8 Å². The van der Waals surface area contributed by atoms with E-state index in [2.05, 4.69) is 5.32 Å². The van der Waals surface area contributed by atoms with E-state index in [9.17, 15) is 31.2 Å². The first-order valence-electron chi connectivity index (χ1n) is 14.8. The van der Waals surface area contributed by atoms with Gasteiger partial charge in [0, 0.05) is 12.6 Å². The van der Waals surface area contributed by atoms with Crippen molar-refractivity contribution in [3.05, 3.63) is 89.5 Å². The molecule has 2 amide bonds. The molecule has 0 spiro atoms. The van der Waals surface area contributed by atoms with E-state index in [0.29, 0.717) is 21.7 Å². The summed E-state index contributed by atoms with van der Waals surface area (Å²) in [5.74, 6) is -0.644. The lowest BCUT2D eigenvalue weighted by molar-refractivity contribution is -0.139. The molecule has 4 rings (SSSR count). The van der Waals surface area contributed by atoms with Crippen LogP contribution in [0, 0.1) is 6.92 Å². The minimum atomic E-state index is -4.75. The van der Waals surface area contributed by atoms with Crippen molar-refractivity contribution in [1.29, 1.82) is 0 Å². The number of rotatable bonds is 11. The molecule has 0 radical (unpaired) electrons. The van der Waals surface area contributed by atoms with Crippen molar-refractivity contribution >= 4 is 27.5 Å². The maximum absolute atomic E-state index is 14.1. The van der Waals surface area contributed by atoms with Crippen molar-refractivity contribution < 1.29 is 35.9 Å². The molecule has 0 heterocycles. The Labute approximate surface area is 262 Å². The van der Waals surface area contributed by atoms with Crippen molar-refractivity contribution in [2.75, 3.05) is 18.0 Å². The Hall–Kier alpha value is -4.06. The number of nitrogens with one attached hydrogen (secondary N) is 1. The standard InChI is InChI=1S/C33H38F3N3O5S/c1-23-15-17-30(18-16-23)45(42,43)39(28-13-8-10-26(20-28)33(34,35)36)22-31(40)38(21-25-9-7-14-29(19-25)44-3)24(2)32(41)37-27-11-5-4-6-12-27/h7-10,13-20,24,27H,4-6,11-12,21-22H2,1-3H3,(H,37,41)/t24-/m0/s1. The highest BCUT2D eigenvalue weighted by atomic mass is 32.2. The fourth-order valence-electron chi connectivity index (χ4n) is 5.32. The van der Waals surface area contributed by atoms with Crippen molar-refractivity contribution in [3.8, 4) is 5.75 Å². The molecule has 0 bridgehead atoms. The topological polar surface area (TPSA) is 96.0 Å². The number of methoxy groups -OCH3 is 1. The second kappa shape index (κ2) is 14.4. The first-order valence-corrected chi connectivity index (χ1v) is 16.2. The molecule has 3 aromatic carbocycles. The van der Waals surface area contributed by atoms with Crippen LogP contribution in [0.5, 0.6) is 5.75 Å². The Morgan fingerprint density at radius 1 is 0.978 bits per heavy atom. The lowest BCUT2D eigenvalue weighted by atomic mass is 9.95. The maximum atomic E-state index is 14.1. The van der Waals surface area contributed by atoms with Gasteiger partial charge in [0.05, 0.1) is 23.3 Å². The smallest absolute Gasteiger partial charge is 0.416 e. The van der Waals surface area contributed by atoms with E-state index in [1.165, 1.54) is 30.2 Å². The number of carbonyl (C=O) groups is 2. The Morgan fingerprint density at radius 3 is 2.29 bits per heavy atom. The number of halogens is 3. The van der Waals surface area contributed by atoms with E-state index in [0.717, 1.165) is 49.8 Å². The summed E-state index contributed by atoms with van der Waals surface area (Å²) in [6, 6.07) is 15.4. The summed E-state index contributed by atoms with van der Waals surface area (Å²) < 4.78 is 74.9. The first kappa shape index (κ1) is 33.8. The number of hydrogen-bond donors (Lipinski definition) is 1. The van der Waals surface area contributed by atoms with E-state index in [-0.39, 0.29) is 23.2 Å². The Bertz CT molecular complexity index is 1590. The number of aryl methyl sites for hydroxylation is 1. The number of benzene rings is 3. The molecule has 0 unspecified atom stereocenters. The number of anilines is 1. The summed E-state index contributed by atoms with van der Waals surface area (Å²) in [6.07, 6.45) is -0.0589. The molecule has 1 atom stereocenters. The Balaban J connectivity index is 1.73. The predicted octanol–water partition coefficient (Wildman–Crippen LogP) is 6.08. The number of hydrogen-bond acceptors (Lipinski definition) is 5. The summed E-state index contributed by atoms with van der Waals surface area (Å²) in [5, 5.41) is 3.02. The molecule has 1 saturated carbocycles. The summed E-state index contributed by atoms with van der Waals surface area (Å²) >= 11 is 0. The molecule has 1 aliphatic rings. The highest BCUT2D eigenvalue weighted by molar-refractivity contribution is 7.92. The predicted molar refractivity (Wildman–Crippen MR) is 165 cm³/mol. The normalized spacial score (nSPS) is 14.8. The second-order valence-corrected chi connectivity index (χ2v) is 13.1. The summed E-state index contributed by atoms with van der Waals surface area (Å²) in [7, 11) is -3.02. The Morgan fingerprint density at radius 2 is 1.64 bits per heavy atom. The average Bonchev–Trinajstić information content (AvgIpc) is 3.02. The van der Waals surface area contributed by atoms with Gasteiger partial charge < -0.3 is 15.0 Å². The van der Waals surface area contributed by atoms with Crippen LogP contribution in [0.3, 0.4) is 0 Å². The van der Waals surface area contributed by atoms with Gasteiger partial charge in [-0.05, 0) is 74.7 Å². The quantitative estimate of drug-likeness (QED) is 0.273. The molecule has 242 valence electrons. The summed E-state index contributed by atoms with van der Waals surface area (Å²) in [5.41, 5.74) is -0.00523. The van der Waals surface area contributed by atoms with Crippen molar-refractivity contribution in [1.82, 2.24) is 10.2 Å². The molecule has 0 aromatic heterocycles. The molecule has 3 aromatic rings. The van der Waals surface area contributed by atoms with E-state index in [4.69, 9.17) is 4.74 Å². The highest BCUT2D eigenvalue weighted by Crippen LogP contribution is 2.33. The van der Waals surface area contributed by atoms with Gasteiger partial charge >= 0.3 is 6.18 Å². The van der Waals surface area contributed by atoms with Crippen LogP contribution in [0.15, 0.2) is 77.7 Å². The third kappa shape index (κ3) is 8.56. The summed E-state index contributed by atoms with van der Waals surface area (Å²) in [6.45, 7) is 2.40. The van der Waals surface area contributed by atoms with Crippen molar-refractivity contribution in [2.24, 2.45) is 0 Å². The minimum Gasteiger partial charge on any atom is -0.497 e. The molecule has 1 fully saturated rings. The number of carbonyl (C=O) groups excluding carboxylic acids is 2. The molecule has 1 aliphatic carbocycles. The maximum Gasteiger partial charge on any atom is 0.416 e. The van der Waals surface area contributed by atoms with Gasteiger partial charge in [-0.15, -0.1) is 0 Å². The minimum absolute atomic E-state index is 0.0361. The van der Waals surface area contributed by atoms with Crippen molar-refractivity contribution in [2.45, 2.75) is 75.7 Å². The molecular weight excluding hydrogens is 607 g/mol. The molecule has 0 aliphatic heterocycles. The molecule has 8 nitrogen and oxygen atoms in total. The van der Waals surface area contributed by atoms with Gasteiger partial charge in [0.15, 0.2) is 0 Å². The van der Waals surface area contributed by atoms with Gasteiger partial charge in [-0.3, -0.25) is 13.9 Å². The van der Waals surface area contributed by atoms with Gasteiger partial charge in [0.25, 0.3) is 10.0 Å². The average molecular weight is 646 g/mol. The van der Waals surface area contributed by atoms with Crippen LogP contribution < -0.4 is 14.4 Å². The Kier molecular flexibility index (Phi) is 10.8. The van der Waals surface area contributed by atoms with E-state index in [1.807, 2.05) is 0 Å². The fourth-order valence-corrected chi connectivity index (χ4v) is 6.73. The van der Waals surface area contributed by atoms with E-state index >= 15 is 0 Å². The molecular formula is C33H38F3N3O5S. The van der Waals surface area contributed by atoms with Crippen LogP contribution >= 0.6 is 0 Å². The van der Waals surface area contributed by atoms with Gasteiger partial charge in [-0.25, -0.2) is 8.42 Å². The van der Waals surface area contributed by atoms with Crippen molar-refractivity contribution in [3.63, 3.8) is 0 Å². The number of ether oxygens (including phenoxy) is 1. The lowest BCUT2D eigenvalue weighted by Gasteiger charge is -2.33. The van der Waals surface area contributed by atoms with Crippen LogP contribution in [0.25, 0.3) is 0 Å². The zero-order valence-corrected chi connectivity index (χ0v) is 26.3. The van der Waals surface area contributed by atoms with Crippen LogP contribution in [-0.2, 0) is 32.3 Å². The lowest BCUT2D eigenvalue weighted by Crippen LogP contribution is -2.53. The number of nitrogens with zero attached hydrogens (tertiary/aromatic N) is 2. The zero-order valence-electron chi connectivity index (χ0n) is 25.5. The number of amides is 2. The fraction of sp³-hybridized carbons (Fsp3) is 0.394. The van der Waals surface area contributed by atoms with Gasteiger partial charge in [-0.2, -0.15) is 13.2 Å². The number of alkyl halides is 3. The third-order valence-electron chi connectivity index (χ3n) is 7.96. The highest BCUT2D eigenvalue weighted by Gasteiger charge is 2.35. The van der Waals surface area contributed by atoms with E-state index in [1.54, 1.807) is 50.2 Å². The third-order valence-corrected chi connectivity index (χ3v) is 9.74. The van der Waals surface area contributed by atoms with Gasteiger partial charge in [-0.1, -0.05) is 55.2 Å². The van der Waals surface area contributed by atoms with Crippen LogP contribution in [0.1, 0.15) is 55.7 Å². The first-order chi connectivity index (χ1) is 21.3. The van der Waals surface area contributed by atoms with Gasteiger partial charge in [0.1, 0.15) is 18.3 Å². The van der Waals surface area contributed by atoms with Crippen LogP contribution in [0.2, 0.25) is 0 Å². The number of sulfonamides is 1. The summed E-state index contributed by atoms with van der Waals surface area (Å²) in [4.78, 5) is 28.6. The SMILES string of the molecule is COc1cccc(CN(C(=O)CN(c2cccc(C(F)(F)F)c2)S(=O)(=O)c2ccc(C)cc2)[C@@H](C)C(=O)NC2CCCCC2)c1. The monoisotopic (exact) mass is 645 g/mol. The molecule has 12 heteroatoms. The van der Waals surface area contributed by atoms with Crippen LogP contribution in [0.4, 0.5) is 18.9 Å². The zero-order chi connectivity index (χ0) is 32.8. The molecule has 0 saturated heterocycles. The molecule has 1 N–H and O–H groups in total. The van der Waals surface area contributed by atoms with E-state index < -0.39 is 46.2 Å². The molecule has 45 heavy (non-hydrogen) atoms. The largest absolute Gasteiger partial charge is 0.497 e.